The normalized spacial score (nSPS) is 15.5. The van der Waals surface area contributed by atoms with Crippen molar-refractivity contribution in [3.63, 3.8) is 0 Å². The summed E-state index contributed by atoms with van der Waals surface area (Å²) in [7, 11) is 0. The molecule has 0 aliphatic heterocycles. The molecule has 2 aromatic rings. The average Bonchev–Trinajstić information content (AvgIpc) is 2.72. The highest BCUT2D eigenvalue weighted by Gasteiger charge is 2.32. The molecule has 3 rings (SSSR count). The van der Waals surface area contributed by atoms with E-state index in [1.807, 2.05) is 54.6 Å². The molecule has 0 heterocycles. The van der Waals surface area contributed by atoms with E-state index in [1.54, 1.807) is 0 Å². The molecule has 1 saturated carbocycles. The predicted octanol–water partition coefficient (Wildman–Crippen LogP) is 4.52. The highest BCUT2D eigenvalue weighted by Crippen LogP contribution is 2.28. The Morgan fingerprint density at radius 2 is 1.54 bits per heavy atom. The minimum atomic E-state index is -0.0157. The molecule has 3 heteroatoms. The Balaban J connectivity index is 1.60. The SMILES string of the molecule is CC(C)NC1(CNC(=O)c2ccc(C#Cc3ccccc3)cc2)CCCCC1. The zero-order valence-corrected chi connectivity index (χ0v) is 16.9. The maximum atomic E-state index is 12.6. The van der Waals surface area contributed by atoms with E-state index in [1.165, 1.54) is 19.3 Å². The lowest BCUT2D eigenvalue weighted by Gasteiger charge is -2.40. The number of benzene rings is 2. The van der Waals surface area contributed by atoms with Crippen molar-refractivity contribution in [1.29, 1.82) is 0 Å². The summed E-state index contributed by atoms with van der Waals surface area (Å²) in [6, 6.07) is 17.9. The third kappa shape index (κ3) is 5.71. The lowest BCUT2D eigenvalue weighted by molar-refractivity contribution is 0.0925. The van der Waals surface area contributed by atoms with Gasteiger partial charge in [0, 0.05) is 34.8 Å². The second-order valence-corrected chi connectivity index (χ2v) is 8.02. The lowest BCUT2D eigenvalue weighted by atomic mass is 9.81. The van der Waals surface area contributed by atoms with Crippen LogP contribution in [-0.4, -0.2) is 24.0 Å². The molecular formula is C25H30N2O. The monoisotopic (exact) mass is 374 g/mol. The van der Waals surface area contributed by atoms with E-state index in [0.717, 1.165) is 24.0 Å². The van der Waals surface area contributed by atoms with Crippen molar-refractivity contribution < 1.29 is 4.79 Å². The Morgan fingerprint density at radius 1 is 0.929 bits per heavy atom. The van der Waals surface area contributed by atoms with Gasteiger partial charge in [-0.25, -0.2) is 0 Å². The summed E-state index contributed by atoms with van der Waals surface area (Å²) in [6.45, 7) is 5.03. The Morgan fingerprint density at radius 3 is 2.14 bits per heavy atom. The minimum absolute atomic E-state index is 0.0157. The number of nitrogens with one attached hydrogen (secondary N) is 2. The smallest absolute Gasteiger partial charge is 0.251 e. The first-order valence-corrected chi connectivity index (χ1v) is 10.3. The van der Waals surface area contributed by atoms with E-state index in [0.29, 0.717) is 18.2 Å². The lowest BCUT2D eigenvalue weighted by Crippen LogP contribution is -2.56. The number of carbonyl (C=O) groups excluding carboxylic acids is 1. The van der Waals surface area contributed by atoms with Gasteiger partial charge in [-0.15, -0.1) is 0 Å². The van der Waals surface area contributed by atoms with Gasteiger partial charge in [0.1, 0.15) is 0 Å². The molecule has 0 radical (unpaired) electrons. The molecule has 1 fully saturated rings. The van der Waals surface area contributed by atoms with E-state index in [4.69, 9.17) is 0 Å². The van der Waals surface area contributed by atoms with Gasteiger partial charge in [-0.1, -0.05) is 63.1 Å². The Kier molecular flexibility index (Phi) is 6.90. The van der Waals surface area contributed by atoms with Crippen molar-refractivity contribution >= 4 is 5.91 Å². The first-order valence-electron chi connectivity index (χ1n) is 10.3. The van der Waals surface area contributed by atoms with Crippen LogP contribution >= 0.6 is 0 Å². The summed E-state index contributed by atoms with van der Waals surface area (Å²) in [6.07, 6.45) is 5.99. The maximum absolute atomic E-state index is 12.6. The summed E-state index contributed by atoms with van der Waals surface area (Å²) in [4.78, 5) is 12.6. The van der Waals surface area contributed by atoms with Crippen LogP contribution in [0.25, 0.3) is 0 Å². The summed E-state index contributed by atoms with van der Waals surface area (Å²) in [5, 5.41) is 6.87. The van der Waals surface area contributed by atoms with Crippen molar-refractivity contribution in [2.24, 2.45) is 0 Å². The summed E-state index contributed by atoms with van der Waals surface area (Å²) in [5.41, 5.74) is 2.61. The van der Waals surface area contributed by atoms with E-state index in [2.05, 4.69) is 36.3 Å². The van der Waals surface area contributed by atoms with Crippen LogP contribution in [-0.2, 0) is 0 Å². The number of hydrogen-bond donors (Lipinski definition) is 2. The van der Waals surface area contributed by atoms with Crippen LogP contribution in [0.15, 0.2) is 54.6 Å². The molecule has 3 nitrogen and oxygen atoms in total. The number of amides is 1. The molecular weight excluding hydrogens is 344 g/mol. The first-order chi connectivity index (χ1) is 13.6. The predicted molar refractivity (Wildman–Crippen MR) is 115 cm³/mol. The van der Waals surface area contributed by atoms with Crippen LogP contribution in [0.4, 0.5) is 0 Å². The van der Waals surface area contributed by atoms with Gasteiger partial charge in [-0.2, -0.15) is 0 Å². The third-order valence-corrected chi connectivity index (χ3v) is 5.26. The molecule has 2 aromatic carbocycles. The van der Waals surface area contributed by atoms with Crippen LogP contribution in [0.5, 0.6) is 0 Å². The van der Waals surface area contributed by atoms with E-state index in [9.17, 15) is 4.79 Å². The number of hydrogen-bond acceptors (Lipinski definition) is 2. The molecule has 28 heavy (non-hydrogen) atoms. The standard InChI is InChI=1S/C25H30N2O/c1-20(2)27-25(17-7-4-8-18-25)19-26-24(28)23-15-13-22(14-16-23)12-11-21-9-5-3-6-10-21/h3,5-6,9-10,13-16,20,27H,4,7-8,17-19H2,1-2H3,(H,26,28). The van der Waals surface area contributed by atoms with Gasteiger partial charge in [0.2, 0.25) is 0 Å². The fourth-order valence-electron chi connectivity index (χ4n) is 3.94. The second-order valence-electron chi connectivity index (χ2n) is 8.02. The summed E-state index contributed by atoms with van der Waals surface area (Å²) in [5.74, 6) is 6.27. The van der Waals surface area contributed by atoms with Gasteiger partial charge >= 0.3 is 0 Å². The molecule has 0 spiro atoms. The zero-order valence-electron chi connectivity index (χ0n) is 16.9. The molecule has 0 unspecified atom stereocenters. The molecule has 146 valence electrons. The molecule has 1 aliphatic carbocycles. The Hall–Kier alpha value is -2.57. The van der Waals surface area contributed by atoms with E-state index in [-0.39, 0.29) is 11.4 Å². The maximum Gasteiger partial charge on any atom is 0.251 e. The molecule has 1 amide bonds. The average molecular weight is 375 g/mol. The molecule has 0 bridgehead atoms. The fourth-order valence-corrected chi connectivity index (χ4v) is 3.94. The molecule has 1 aliphatic rings. The summed E-state index contributed by atoms with van der Waals surface area (Å²) >= 11 is 0. The highest BCUT2D eigenvalue weighted by molar-refractivity contribution is 5.94. The molecule has 0 atom stereocenters. The van der Waals surface area contributed by atoms with Crippen molar-refractivity contribution in [3.05, 3.63) is 71.3 Å². The van der Waals surface area contributed by atoms with Gasteiger partial charge in [0.05, 0.1) is 0 Å². The Bertz CT molecular complexity index is 822. The van der Waals surface area contributed by atoms with Gasteiger partial charge in [-0.3, -0.25) is 4.79 Å². The molecule has 2 N–H and O–H groups in total. The van der Waals surface area contributed by atoms with Crippen molar-refractivity contribution in [2.75, 3.05) is 6.54 Å². The molecule has 0 saturated heterocycles. The highest BCUT2D eigenvalue weighted by atomic mass is 16.1. The largest absolute Gasteiger partial charge is 0.350 e. The van der Waals surface area contributed by atoms with Crippen LogP contribution in [0.3, 0.4) is 0 Å². The Labute approximate surface area is 168 Å². The minimum Gasteiger partial charge on any atom is -0.350 e. The quantitative estimate of drug-likeness (QED) is 0.756. The van der Waals surface area contributed by atoms with E-state index < -0.39 is 0 Å². The zero-order chi connectivity index (χ0) is 19.8. The van der Waals surface area contributed by atoms with Crippen LogP contribution in [0, 0.1) is 11.8 Å². The third-order valence-electron chi connectivity index (χ3n) is 5.26. The molecule has 0 aromatic heterocycles. The van der Waals surface area contributed by atoms with Gasteiger partial charge in [-0.05, 0) is 49.2 Å². The van der Waals surface area contributed by atoms with Crippen molar-refractivity contribution in [3.8, 4) is 11.8 Å². The van der Waals surface area contributed by atoms with Crippen LogP contribution < -0.4 is 10.6 Å². The summed E-state index contributed by atoms with van der Waals surface area (Å²) < 4.78 is 0. The second kappa shape index (κ2) is 9.57. The van der Waals surface area contributed by atoms with Gasteiger partial charge < -0.3 is 10.6 Å². The van der Waals surface area contributed by atoms with Gasteiger partial charge in [0.25, 0.3) is 5.91 Å². The van der Waals surface area contributed by atoms with Crippen LogP contribution in [0.2, 0.25) is 0 Å². The van der Waals surface area contributed by atoms with E-state index >= 15 is 0 Å². The van der Waals surface area contributed by atoms with Crippen molar-refractivity contribution in [1.82, 2.24) is 10.6 Å². The number of rotatable bonds is 5. The first kappa shape index (κ1) is 20.2. The van der Waals surface area contributed by atoms with Crippen LogP contribution in [0.1, 0.15) is 67.4 Å². The topological polar surface area (TPSA) is 41.1 Å². The number of carbonyl (C=O) groups is 1. The van der Waals surface area contributed by atoms with Crippen molar-refractivity contribution in [2.45, 2.75) is 57.5 Å². The fraction of sp³-hybridized carbons (Fsp3) is 0.400. The van der Waals surface area contributed by atoms with Gasteiger partial charge in [0.15, 0.2) is 0 Å².